The van der Waals surface area contributed by atoms with E-state index in [-0.39, 0.29) is 34.4 Å². The average molecular weight is 505 g/mol. The van der Waals surface area contributed by atoms with Gasteiger partial charge in [-0.1, -0.05) is 23.5 Å². The van der Waals surface area contributed by atoms with Gasteiger partial charge in [0, 0.05) is 24.6 Å². The number of amides is 1. The van der Waals surface area contributed by atoms with Gasteiger partial charge in [-0.05, 0) is 43.7 Å². The van der Waals surface area contributed by atoms with Crippen molar-refractivity contribution >= 4 is 42.4 Å². The summed E-state index contributed by atoms with van der Waals surface area (Å²) in [6.07, 6.45) is 1.09. The van der Waals surface area contributed by atoms with Crippen LogP contribution in [-0.2, 0) is 27.6 Å². The number of halogens is 2. The first-order chi connectivity index (χ1) is 16.0. The molecule has 0 saturated heterocycles. The highest BCUT2D eigenvalue weighted by Crippen LogP contribution is 2.31. The van der Waals surface area contributed by atoms with Crippen LogP contribution in [0.4, 0.5) is 13.9 Å². The summed E-state index contributed by atoms with van der Waals surface area (Å²) in [6, 6.07) is 9.94. The van der Waals surface area contributed by atoms with Crippen molar-refractivity contribution in [1.82, 2.24) is 14.8 Å². The number of carbonyl (C=O) groups is 1. The van der Waals surface area contributed by atoms with E-state index in [0.29, 0.717) is 16.8 Å². The molecule has 2 aromatic carbocycles. The lowest BCUT2D eigenvalue weighted by Gasteiger charge is -2.20. The maximum absolute atomic E-state index is 14.2. The van der Waals surface area contributed by atoms with E-state index in [1.54, 1.807) is 16.8 Å². The predicted octanol–water partition coefficient (Wildman–Crippen LogP) is 4.07. The minimum atomic E-state index is -3.35. The summed E-state index contributed by atoms with van der Waals surface area (Å²) in [5.41, 5.74) is 2.40. The summed E-state index contributed by atoms with van der Waals surface area (Å²) in [7, 11) is -3.35. The highest BCUT2D eigenvalue weighted by Gasteiger charge is 2.22. The minimum absolute atomic E-state index is 0.00261. The molecular weight excluding hydrogens is 482 g/mol. The third kappa shape index (κ3) is 5.15. The Balaban J connectivity index is 1.64. The number of thiazole rings is 1. The lowest BCUT2D eigenvalue weighted by Crippen LogP contribution is -2.35. The van der Waals surface area contributed by atoms with E-state index in [9.17, 15) is 22.0 Å². The van der Waals surface area contributed by atoms with Crippen molar-refractivity contribution in [2.45, 2.75) is 31.7 Å². The number of hydrogen-bond donors (Lipinski definition) is 0. The molecule has 2 heterocycles. The molecule has 178 valence electrons. The third-order valence-electron chi connectivity index (χ3n) is 5.28. The van der Waals surface area contributed by atoms with Crippen molar-refractivity contribution in [3.63, 3.8) is 0 Å². The van der Waals surface area contributed by atoms with Gasteiger partial charge in [0.25, 0.3) is 0 Å². The van der Waals surface area contributed by atoms with Crippen LogP contribution >= 0.6 is 11.3 Å². The van der Waals surface area contributed by atoms with E-state index in [1.165, 1.54) is 23.1 Å². The molecule has 0 aliphatic rings. The van der Waals surface area contributed by atoms with E-state index in [1.807, 2.05) is 19.9 Å². The molecule has 0 unspecified atom stereocenters. The Hall–Kier alpha value is -3.18. The highest BCUT2D eigenvalue weighted by atomic mass is 32.2. The smallest absolute Gasteiger partial charge is 0.233 e. The quantitative estimate of drug-likeness (QED) is 0.379. The molecule has 0 fully saturated rings. The summed E-state index contributed by atoms with van der Waals surface area (Å²) >= 11 is 1.03. The van der Waals surface area contributed by atoms with Crippen LogP contribution in [0.15, 0.2) is 47.4 Å². The maximum atomic E-state index is 14.2. The number of fused-ring (bicyclic) bond motifs is 1. The van der Waals surface area contributed by atoms with Crippen LogP contribution in [0.25, 0.3) is 10.2 Å². The fourth-order valence-electron chi connectivity index (χ4n) is 3.61. The number of nitrogens with zero attached hydrogens (tertiary/aromatic N) is 4. The van der Waals surface area contributed by atoms with Gasteiger partial charge in [0.2, 0.25) is 5.91 Å². The second-order valence-corrected chi connectivity index (χ2v) is 11.0. The Morgan fingerprint density at radius 1 is 1.12 bits per heavy atom. The van der Waals surface area contributed by atoms with Gasteiger partial charge < -0.3 is 0 Å². The molecule has 0 bridgehead atoms. The first-order valence-electron chi connectivity index (χ1n) is 10.4. The van der Waals surface area contributed by atoms with E-state index in [0.717, 1.165) is 35.0 Å². The topological polar surface area (TPSA) is 85.2 Å². The summed E-state index contributed by atoms with van der Waals surface area (Å²) < 4.78 is 53.4. The van der Waals surface area contributed by atoms with Crippen LogP contribution in [0.2, 0.25) is 0 Å². The fraction of sp³-hybridized carbons (Fsp3) is 0.261. The van der Waals surface area contributed by atoms with Gasteiger partial charge in [-0.2, -0.15) is 5.10 Å². The van der Waals surface area contributed by atoms with Gasteiger partial charge in [0.1, 0.15) is 11.3 Å². The predicted molar refractivity (Wildman–Crippen MR) is 127 cm³/mol. The number of carbonyl (C=O) groups excluding carboxylic acids is 1. The molecule has 1 amide bonds. The van der Waals surface area contributed by atoms with Crippen molar-refractivity contribution in [3.05, 3.63) is 71.1 Å². The summed E-state index contributed by atoms with van der Waals surface area (Å²) in [5.74, 6) is -1.82. The number of rotatable bonds is 7. The molecule has 34 heavy (non-hydrogen) atoms. The molecule has 4 aromatic rings. The standard InChI is InChI=1S/C23H22F2N4O3S2/c1-14-10-15(2)29(27-14)9-8-28(23-26-22-19(25)12-17(24)13-20(22)33-23)21(30)11-16-4-6-18(7-5-16)34(3,31)32/h4-7,10,12-13H,8-9,11H2,1-3H3. The molecule has 7 nitrogen and oxygen atoms in total. The number of hydrogen-bond acceptors (Lipinski definition) is 6. The van der Waals surface area contributed by atoms with Crippen molar-refractivity contribution in [1.29, 1.82) is 0 Å². The van der Waals surface area contributed by atoms with Gasteiger partial charge >= 0.3 is 0 Å². The largest absolute Gasteiger partial charge is 0.286 e. The number of aromatic nitrogens is 3. The van der Waals surface area contributed by atoms with E-state index < -0.39 is 21.5 Å². The van der Waals surface area contributed by atoms with Crippen LogP contribution in [0.3, 0.4) is 0 Å². The second-order valence-electron chi connectivity index (χ2n) is 8.02. The van der Waals surface area contributed by atoms with Gasteiger partial charge in [0.05, 0.1) is 28.3 Å². The summed E-state index contributed by atoms with van der Waals surface area (Å²) in [6.45, 7) is 4.38. The summed E-state index contributed by atoms with van der Waals surface area (Å²) in [5, 5.41) is 4.66. The minimum Gasteiger partial charge on any atom is -0.286 e. The zero-order valence-corrected chi connectivity index (χ0v) is 20.4. The second kappa shape index (κ2) is 9.22. The van der Waals surface area contributed by atoms with Crippen molar-refractivity contribution in [2.75, 3.05) is 17.7 Å². The first kappa shape index (κ1) is 24.0. The van der Waals surface area contributed by atoms with Gasteiger partial charge in [-0.25, -0.2) is 22.2 Å². The lowest BCUT2D eigenvalue weighted by molar-refractivity contribution is -0.118. The van der Waals surface area contributed by atoms with Gasteiger partial charge in [-0.15, -0.1) is 0 Å². The maximum Gasteiger partial charge on any atom is 0.233 e. The van der Waals surface area contributed by atoms with Crippen molar-refractivity contribution in [2.24, 2.45) is 0 Å². The first-order valence-corrected chi connectivity index (χ1v) is 13.1. The molecule has 4 rings (SSSR count). The molecule has 0 aliphatic carbocycles. The number of benzene rings is 2. The Morgan fingerprint density at radius 2 is 1.82 bits per heavy atom. The Morgan fingerprint density at radius 3 is 2.44 bits per heavy atom. The fourth-order valence-corrected chi connectivity index (χ4v) is 5.29. The van der Waals surface area contributed by atoms with Crippen LogP contribution in [-0.4, -0.2) is 41.9 Å². The van der Waals surface area contributed by atoms with Crippen molar-refractivity contribution < 1.29 is 22.0 Å². The zero-order chi connectivity index (χ0) is 24.6. The monoisotopic (exact) mass is 504 g/mol. The molecule has 0 aliphatic heterocycles. The molecule has 0 atom stereocenters. The molecular formula is C23H22F2N4O3S2. The SMILES string of the molecule is Cc1cc(C)n(CCN(C(=O)Cc2ccc(S(C)(=O)=O)cc2)c2nc3c(F)cc(F)cc3s2)n1. The zero-order valence-electron chi connectivity index (χ0n) is 18.7. The molecule has 0 N–H and O–H groups in total. The van der Waals surface area contributed by atoms with Crippen LogP contribution in [0.5, 0.6) is 0 Å². The highest BCUT2D eigenvalue weighted by molar-refractivity contribution is 7.90. The lowest BCUT2D eigenvalue weighted by atomic mass is 10.1. The average Bonchev–Trinajstić information content (AvgIpc) is 3.30. The molecule has 2 aromatic heterocycles. The Labute approximate surface area is 199 Å². The molecule has 11 heteroatoms. The van der Waals surface area contributed by atoms with Crippen LogP contribution in [0.1, 0.15) is 17.0 Å². The van der Waals surface area contributed by atoms with Gasteiger partial charge in [0.15, 0.2) is 20.8 Å². The normalized spacial score (nSPS) is 11.8. The van der Waals surface area contributed by atoms with E-state index in [2.05, 4.69) is 10.1 Å². The molecule has 0 spiro atoms. The Kier molecular flexibility index (Phi) is 6.50. The third-order valence-corrected chi connectivity index (χ3v) is 7.43. The van der Waals surface area contributed by atoms with Gasteiger partial charge in [-0.3, -0.25) is 14.4 Å². The van der Waals surface area contributed by atoms with E-state index in [4.69, 9.17) is 0 Å². The summed E-state index contributed by atoms with van der Waals surface area (Å²) in [4.78, 5) is 19.2. The van der Waals surface area contributed by atoms with Crippen molar-refractivity contribution in [3.8, 4) is 0 Å². The van der Waals surface area contributed by atoms with E-state index >= 15 is 0 Å². The molecule has 0 radical (unpaired) electrons. The Bertz CT molecular complexity index is 1480. The van der Waals surface area contributed by atoms with Crippen LogP contribution < -0.4 is 4.90 Å². The molecule has 0 saturated carbocycles. The number of aryl methyl sites for hydroxylation is 2. The number of anilines is 1. The van der Waals surface area contributed by atoms with Crippen LogP contribution in [0, 0.1) is 25.5 Å². The number of sulfone groups is 1.